The minimum Gasteiger partial charge on any atom is -0.310 e. The number of carbonyl (C=O) groups is 1. The molecule has 1 aromatic rings. The predicted octanol–water partition coefficient (Wildman–Crippen LogP) is 2.34. The van der Waals surface area contributed by atoms with E-state index in [0.717, 1.165) is 5.69 Å². The van der Waals surface area contributed by atoms with Crippen LogP contribution in [-0.4, -0.2) is 15.9 Å². The first-order valence-corrected chi connectivity index (χ1v) is 5.35. The second kappa shape index (κ2) is 5.44. The first-order valence-electron chi connectivity index (χ1n) is 5.35. The molecule has 0 unspecified atom stereocenters. The highest BCUT2D eigenvalue weighted by Crippen LogP contribution is 2.38. The molecule has 0 bridgehead atoms. The van der Waals surface area contributed by atoms with Gasteiger partial charge in [-0.1, -0.05) is 13.8 Å². The standard InChI is InChI=1S/C9H11N3O.C2H6/c1-6(13)11-9-5-10-4-8(12-9)7-2-3-7;1-2/h4-5,7H,2-3H2,1H3,(H,11,12,13);1-2H3. The summed E-state index contributed by atoms with van der Waals surface area (Å²) in [4.78, 5) is 19.0. The van der Waals surface area contributed by atoms with E-state index in [9.17, 15) is 4.79 Å². The van der Waals surface area contributed by atoms with Gasteiger partial charge in [-0.25, -0.2) is 4.98 Å². The third kappa shape index (κ3) is 3.65. The van der Waals surface area contributed by atoms with E-state index in [0.29, 0.717) is 11.7 Å². The van der Waals surface area contributed by atoms with Crippen molar-refractivity contribution in [2.45, 2.75) is 39.5 Å². The molecular weight excluding hydrogens is 190 g/mol. The van der Waals surface area contributed by atoms with Crippen molar-refractivity contribution in [2.75, 3.05) is 5.32 Å². The average molecular weight is 207 g/mol. The van der Waals surface area contributed by atoms with Gasteiger partial charge in [-0.15, -0.1) is 0 Å². The Balaban J connectivity index is 0.000000531. The normalized spacial score (nSPS) is 13.8. The maximum atomic E-state index is 10.7. The van der Waals surface area contributed by atoms with E-state index >= 15 is 0 Å². The lowest BCUT2D eigenvalue weighted by molar-refractivity contribution is -0.114. The molecule has 1 heterocycles. The molecule has 1 aliphatic rings. The third-order valence-electron chi connectivity index (χ3n) is 1.95. The highest BCUT2D eigenvalue weighted by Gasteiger charge is 2.25. The van der Waals surface area contributed by atoms with Crippen LogP contribution in [0.1, 0.15) is 45.2 Å². The minimum atomic E-state index is -0.109. The van der Waals surface area contributed by atoms with Crippen LogP contribution in [0.5, 0.6) is 0 Å². The lowest BCUT2D eigenvalue weighted by atomic mass is 10.3. The monoisotopic (exact) mass is 207 g/mol. The number of carbonyl (C=O) groups excluding carboxylic acids is 1. The Labute approximate surface area is 90.1 Å². The van der Waals surface area contributed by atoms with E-state index in [1.54, 1.807) is 12.4 Å². The van der Waals surface area contributed by atoms with Gasteiger partial charge in [-0.3, -0.25) is 9.78 Å². The van der Waals surface area contributed by atoms with E-state index in [1.165, 1.54) is 19.8 Å². The summed E-state index contributed by atoms with van der Waals surface area (Å²) in [6, 6.07) is 0. The van der Waals surface area contributed by atoms with Crippen molar-refractivity contribution in [1.82, 2.24) is 9.97 Å². The first kappa shape index (κ1) is 11.6. The van der Waals surface area contributed by atoms with Gasteiger partial charge in [0.25, 0.3) is 0 Å². The molecule has 1 saturated carbocycles. The number of aromatic nitrogens is 2. The molecule has 1 N–H and O–H groups in total. The highest BCUT2D eigenvalue weighted by molar-refractivity contribution is 5.87. The van der Waals surface area contributed by atoms with Crippen molar-refractivity contribution in [3.63, 3.8) is 0 Å². The quantitative estimate of drug-likeness (QED) is 0.809. The van der Waals surface area contributed by atoms with Crippen LogP contribution < -0.4 is 5.32 Å². The Hall–Kier alpha value is -1.45. The summed E-state index contributed by atoms with van der Waals surface area (Å²) < 4.78 is 0. The van der Waals surface area contributed by atoms with Gasteiger partial charge in [0.15, 0.2) is 5.82 Å². The zero-order valence-electron chi connectivity index (χ0n) is 9.45. The molecule has 1 amide bonds. The molecule has 0 aromatic carbocycles. The van der Waals surface area contributed by atoms with Gasteiger partial charge in [0.05, 0.1) is 11.9 Å². The van der Waals surface area contributed by atoms with Gasteiger partial charge < -0.3 is 5.32 Å². The molecule has 0 atom stereocenters. The minimum absolute atomic E-state index is 0.109. The molecule has 1 aromatic heterocycles. The van der Waals surface area contributed by atoms with Crippen molar-refractivity contribution < 1.29 is 4.79 Å². The van der Waals surface area contributed by atoms with Crippen molar-refractivity contribution in [3.05, 3.63) is 18.1 Å². The molecule has 2 rings (SSSR count). The molecule has 4 nitrogen and oxygen atoms in total. The van der Waals surface area contributed by atoms with Gasteiger partial charge in [-0.05, 0) is 12.8 Å². The number of nitrogens with zero attached hydrogens (tertiary/aromatic N) is 2. The molecule has 82 valence electrons. The van der Waals surface area contributed by atoms with E-state index in [-0.39, 0.29) is 5.91 Å². The Kier molecular flexibility index (Phi) is 4.21. The number of rotatable bonds is 2. The number of hydrogen-bond acceptors (Lipinski definition) is 3. The third-order valence-corrected chi connectivity index (χ3v) is 1.95. The Morgan fingerprint density at radius 3 is 2.60 bits per heavy atom. The lowest BCUT2D eigenvalue weighted by Gasteiger charge is -2.01. The average Bonchev–Trinajstić information content (AvgIpc) is 3.03. The van der Waals surface area contributed by atoms with Gasteiger partial charge in [0.1, 0.15) is 0 Å². The fourth-order valence-electron chi connectivity index (χ4n) is 1.20. The number of anilines is 1. The van der Waals surface area contributed by atoms with E-state index in [1.807, 2.05) is 13.8 Å². The predicted molar refractivity (Wildman–Crippen MR) is 59.7 cm³/mol. The molecular formula is C11H17N3O. The Morgan fingerprint density at radius 1 is 1.40 bits per heavy atom. The Bertz CT molecular complexity index is 334. The highest BCUT2D eigenvalue weighted by atomic mass is 16.1. The summed E-state index contributed by atoms with van der Waals surface area (Å²) in [6.45, 7) is 5.46. The van der Waals surface area contributed by atoms with E-state index < -0.39 is 0 Å². The van der Waals surface area contributed by atoms with Crippen LogP contribution in [0, 0.1) is 0 Å². The largest absolute Gasteiger partial charge is 0.310 e. The molecule has 0 spiro atoms. The first-order chi connectivity index (χ1) is 7.25. The fraction of sp³-hybridized carbons (Fsp3) is 0.545. The maximum Gasteiger partial charge on any atom is 0.222 e. The number of amides is 1. The van der Waals surface area contributed by atoms with Crippen LogP contribution in [0.25, 0.3) is 0 Å². The van der Waals surface area contributed by atoms with Crippen LogP contribution in [0.3, 0.4) is 0 Å². The van der Waals surface area contributed by atoms with Gasteiger partial charge in [-0.2, -0.15) is 0 Å². The van der Waals surface area contributed by atoms with Crippen LogP contribution in [0.15, 0.2) is 12.4 Å². The fourth-order valence-corrected chi connectivity index (χ4v) is 1.20. The summed E-state index contributed by atoms with van der Waals surface area (Å²) in [5, 5.41) is 2.62. The SMILES string of the molecule is CC.CC(=O)Nc1cncc(C2CC2)n1. The van der Waals surface area contributed by atoms with Crippen LogP contribution in [0.2, 0.25) is 0 Å². The molecule has 15 heavy (non-hydrogen) atoms. The molecule has 0 aliphatic heterocycles. The summed E-state index contributed by atoms with van der Waals surface area (Å²) in [5.74, 6) is 1.01. The van der Waals surface area contributed by atoms with Gasteiger partial charge in [0.2, 0.25) is 5.91 Å². The van der Waals surface area contributed by atoms with Gasteiger partial charge in [0, 0.05) is 19.0 Å². The van der Waals surface area contributed by atoms with Crippen LogP contribution in [0.4, 0.5) is 5.82 Å². The smallest absolute Gasteiger partial charge is 0.222 e. The van der Waals surface area contributed by atoms with Gasteiger partial charge >= 0.3 is 0 Å². The molecule has 1 fully saturated rings. The Morgan fingerprint density at radius 2 is 2.07 bits per heavy atom. The van der Waals surface area contributed by atoms with Crippen molar-refractivity contribution in [3.8, 4) is 0 Å². The summed E-state index contributed by atoms with van der Waals surface area (Å²) in [7, 11) is 0. The molecule has 4 heteroatoms. The second-order valence-electron chi connectivity index (χ2n) is 3.28. The van der Waals surface area contributed by atoms with Crippen molar-refractivity contribution in [2.24, 2.45) is 0 Å². The summed E-state index contributed by atoms with van der Waals surface area (Å²) >= 11 is 0. The topological polar surface area (TPSA) is 54.9 Å². The van der Waals surface area contributed by atoms with Crippen LogP contribution in [-0.2, 0) is 4.79 Å². The zero-order valence-corrected chi connectivity index (χ0v) is 9.45. The lowest BCUT2D eigenvalue weighted by Crippen LogP contribution is -2.08. The van der Waals surface area contributed by atoms with Crippen molar-refractivity contribution >= 4 is 11.7 Å². The van der Waals surface area contributed by atoms with Crippen LogP contribution >= 0.6 is 0 Å². The molecule has 0 saturated heterocycles. The molecule has 0 radical (unpaired) electrons. The summed E-state index contributed by atoms with van der Waals surface area (Å²) in [6.07, 6.45) is 5.71. The van der Waals surface area contributed by atoms with Crippen molar-refractivity contribution in [1.29, 1.82) is 0 Å². The van der Waals surface area contributed by atoms with E-state index in [2.05, 4.69) is 15.3 Å². The maximum absolute atomic E-state index is 10.7. The van der Waals surface area contributed by atoms with E-state index in [4.69, 9.17) is 0 Å². The molecule has 1 aliphatic carbocycles. The second-order valence-corrected chi connectivity index (χ2v) is 3.28. The number of nitrogens with one attached hydrogen (secondary N) is 1. The zero-order chi connectivity index (χ0) is 11.3. The number of hydrogen-bond donors (Lipinski definition) is 1. The summed E-state index contributed by atoms with van der Waals surface area (Å²) in [5.41, 5.74) is 0.992.